The maximum absolute atomic E-state index is 13.7. The van der Waals surface area contributed by atoms with E-state index < -0.39 is 5.82 Å². The maximum Gasteiger partial charge on any atom is 0.201 e. The largest absolute Gasteiger partial charge is 0.494 e. The molecule has 0 aliphatic heterocycles. The number of imidazole rings is 1. The summed E-state index contributed by atoms with van der Waals surface area (Å²) in [5.41, 5.74) is 7.15. The lowest BCUT2D eigenvalue weighted by Gasteiger charge is -2.05. The SMILES string of the molecule is COc1cc2c(cc1F)nc(N)n2Cc1ncc(C)s1. The second-order valence-corrected chi connectivity index (χ2v) is 5.72. The van der Waals surface area contributed by atoms with Gasteiger partial charge in [0, 0.05) is 23.2 Å². The van der Waals surface area contributed by atoms with Crippen LogP contribution in [0.25, 0.3) is 11.0 Å². The number of nitrogens with zero attached hydrogens (tertiary/aromatic N) is 3. The average Bonchev–Trinajstić information content (AvgIpc) is 2.94. The van der Waals surface area contributed by atoms with Gasteiger partial charge in [-0.05, 0) is 6.92 Å². The molecule has 7 heteroatoms. The Balaban J connectivity index is 2.11. The van der Waals surface area contributed by atoms with Gasteiger partial charge in [-0.1, -0.05) is 0 Å². The molecule has 0 spiro atoms. The minimum Gasteiger partial charge on any atom is -0.494 e. The van der Waals surface area contributed by atoms with Gasteiger partial charge in [-0.3, -0.25) is 0 Å². The Bertz CT molecular complexity index is 780. The molecule has 0 fully saturated rings. The third kappa shape index (κ3) is 2.09. The van der Waals surface area contributed by atoms with Crippen LogP contribution in [-0.4, -0.2) is 21.6 Å². The number of nitrogen functional groups attached to an aromatic ring is 1. The normalized spacial score (nSPS) is 11.2. The summed E-state index contributed by atoms with van der Waals surface area (Å²) in [6.07, 6.45) is 1.82. The molecule has 1 aromatic carbocycles. The van der Waals surface area contributed by atoms with Gasteiger partial charge in [-0.2, -0.15) is 0 Å². The standard InChI is InChI=1S/C13H13FN4OS/c1-7-5-16-12(20-7)6-18-10-4-11(19-2)8(14)3-9(10)17-13(18)15/h3-5H,6H2,1-2H3,(H2,15,17). The van der Waals surface area contributed by atoms with Gasteiger partial charge in [-0.25, -0.2) is 14.4 Å². The minimum absolute atomic E-state index is 0.175. The number of ether oxygens (including phenoxy) is 1. The monoisotopic (exact) mass is 292 g/mol. The van der Waals surface area contributed by atoms with E-state index in [-0.39, 0.29) is 5.75 Å². The molecule has 0 aliphatic rings. The van der Waals surface area contributed by atoms with Crippen LogP contribution >= 0.6 is 11.3 Å². The van der Waals surface area contributed by atoms with E-state index in [9.17, 15) is 4.39 Å². The Morgan fingerprint density at radius 2 is 2.25 bits per heavy atom. The molecule has 0 saturated carbocycles. The number of halogens is 1. The highest BCUT2D eigenvalue weighted by Crippen LogP contribution is 2.27. The fraction of sp³-hybridized carbons (Fsp3) is 0.231. The van der Waals surface area contributed by atoms with Crippen molar-refractivity contribution in [2.75, 3.05) is 12.8 Å². The molecular weight excluding hydrogens is 279 g/mol. The van der Waals surface area contributed by atoms with Crippen LogP contribution in [0.15, 0.2) is 18.3 Å². The third-order valence-electron chi connectivity index (χ3n) is 3.01. The van der Waals surface area contributed by atoms with Crippen molar-refractivity contribution in [3.8, 4) is 5.75 Å². The molecule has 0 amide bonds. The van der Waals surface area contributed by atoms with Gasteiger partial charge < -0.3 is 15.0 Å². The van der Waals surface area contributed by atoms with Crippen molar-refractivity contribution in [2.45, 2.75) is 13.5 Å². The van der Waals surface area contributed by atoms with Crippen LogP contribution in [0, 0.1) is 12.7 Å². The number of hydrogen-bond donors (Lipinski definition) is 1. The predicted octanol–water partition coefficient (Wildman–Crippen LogP) is 2.58. The number of hydrogen-bond acceptors (Lipinski definition) is 5. The lowest BCUT2D eigenvalue weighted by atomic mass is 10.3. The molecule has 20 heavy (non-hydrogen) atoms. The number of aromatic nitrogens is 3. The van der Waals surface area contributed by atoms with Gasteiger partial charge in [0.25, 0.3) is 0 Å². The Labute approximate surface area is 118 Å². The summed E-state index contributed by atoms with van der Waals surface area (Å²) in [6, 6.07) is 2.93. The maximum atomic E-state index is 13.7. The van der Waals surface area contributed by atoms with Gasteiger partial charge in [0.1, 0.15) is 5.01 Å². The summed E-state index contributed by atoms with van der Waals surface area (Å²) in [4.78, 5) is 9.61. The molecule has 2 heterocycles. The fourth-order valence-electron chi connectivity index (χ4n) is 2.08. The first kappa shape index (κ1) is 12.9. The zero-order chi connectivity index (χ0) is 14.3. The van der Waals surface area contributed by atoms with Crippen molar-refractivity contribution in [1.82, 2.24) is 14.5 Å². The highest BCUT2D eigenvalue weighted by Gasteiger charge is 2.14. The second-order valence-electron chi connectivity index (χ2n) is 4.40. The van der Waals surface area contributed by atoms with E-state index in [0.717, 1.165) is 15.4 Å². The highest BCUT2D eigenvalue weighted by atomic mass is 32.1. The number of benzene rings is 1. The van der Waals surface area contributed by atoms with Crippen LogP contribution < -0.4 is 10.5 Å². The van der Waals surface area contributed by atoms with Crippen LogP contribution in [0.2, 0.25) is 0 Å². The van der Waals surface area contributed by atoms with Crippen LogP contribution in [0.4, 0.5) is 10.3 Å². The molecule has 0 aliphatic carbocycles. The predicted molar refractivity (Wildman–Crippen MR) is 76.6 cm³/mol. The summed E-state index contributed by atoms with van der Waals surface area (Å²) >= 11 is 1.60. The Kier molecular flexibility index (Phi) is 3.06. The van der Waals surface area contributed by atoms with Crippen molar-refractivity contribution < 1.29 is 9.13 Å². The number of thiazole rings is 1. The highest BCUT2D eigenvalue weighted by molar-refractivity contribution is 7.11. The van der Waals surface area contributed by atoms with E-state index in [4.69, 9.17) is 10.5 Å². The smallest absolute Gasteiger partial charge is 0.201 e. The van der Waals surface area contributed by atoms with Gasteiger partial charge in [0.05, 0.1) is 24.7 Å². The number of fused-ring (bicyclic) bond motifs is 1. The molecule has 0 bridgehead atoms. The summed E-state index contributed by atoms with van der Waals surface area (Å²) in [7, 11) is 1.43. The molecule has 0 unspecified atom stereocenters. The zero-order valence-corrected chi connectivity index (χ0v) is 11.9. The summed E-state index contributed by atoms with van der Waals surface area (Å²) in [6.45, 7) is 2.50. The minimum atomic E-state index is -0.449. The number of aryl methyl sites for hydroxylation is 1. The molecule has 2 aromatic heterocycles. The van der Waals surface area contributed by atoms with Crippen LogP contribution in [0.5, 0.6) is 5.75 Å². The molecule has 0 atom stereocenters. The first-order valence-corrected chi connectivity index (χ1v) is 6.80. The molecule has 104 valence electrons. The fourth-order valence-corrected chi connectivity index (χ4v) is 2.85. The first-order chi connectivity index (χ1) is 9.58. The second kappa shape index (κ2) is 4.75. The Hall–Kier alpha value is -2.15. The van der Waals surface area contributed by atoms with Gasteiger partial charge in [0.2, 0.25) is 5.95 Å². The Morgan fingerprint density at radius 1 is 1.45 bits per heavy atom. The van der Waals surface area contributed by atoms with Gasteiger partial charge in [0.15, 0.2) is 11.6 Å². The molecule has 0 saturated heterocycles. The summed E-state index contributed by atoms with van der Waals surface area (Å²) < 4.78 is 20.5. The average molecular weight is 292 g/mol. The van der Waals surface area contributed by atoms with Crippen molar-refractivity contribution in [3.63, 3.8) is 0 Å². The first-order valence-electron chi connectivity index (χ1n) is 5.99. The summed E-state index contributed by atoms with van der Waals surface area (Å²) in [5.74, 6) is 0.0595. The van der Waals surface area contributed by atoms with Gasteiger partial charge in [-0.15, -0.1) is 11.3 Å². The van der Waals surface area contributed by atoms with E-state index in [1.54, 1.807) is 22.0 Å². The molecule has 3 aromatic rings. The van der Waals surface area contributed by atoms with Crippen LogP contribution in [-0.2, 0) is 6.54 Å². The number of nitrogens with two attached hydrogens (primary N) is 1. The number of methoxy groups -OCH3 is 1. The van der Waals surface area contributed by atoms with Crippen molar-refractivity contribution >= 4 is 28.3 Å². The van der Waals surface area contributed by atoms with Crippen molar-refractivity contribution in [1.29, 1.82) is 0 Å². The zero-order valence-electron chi connectivity index (χ0n) is 11.1. The quantitative estimate of drug-likeness (QED) is 0.805. The number of anilines is 1. The van der Waals surface area contributed by atoms with E-state index in [1.165, 1.54) is 13.2 Å². The van der Waals surface area contributed by atoms with Crippen molar-refractivity contribution in [3.05, 3.63) is 34.0 Å². The Morgan fingerprint density at radius 3 is 2.90 bits per heavy atom. The van der Waals surface area contributed by atoms with Crippen LogP contribution in [0.3, 0.4) is 0 Å². The lowest BCUT2D eigenvalue weighted by Crippen LogP contribution is -2.04. The molecule has 3 rings (SSSR count). The molecule has 5 nitrogen and oxygen atoms in total. The van der Waals surface area contributed by atoms with Crippen molar-refractivity contribution in [2.24, 2.45) is 0 Å². The van der Waals surface area contributed by atoms with E-state index >= 15 is 0 Å². The summed E-state index contributed by atoms with van der Waals surface area (Å²) in [5, 5.41) is 0.928. The molecule has 2 N–H and O–H groups in total. The van der Waals surface area contributed by atoms with E-state index in [0.29, 0.717) is 18.0 Å². The van der Waals surface area contributed by atoms with E-state index in [1.807, 2.05) is 13.1 Å². The van der Waals surface area contributed by atoms with Gasteiger partial charge >= 0.3 is 0 Å². The lowest BCUT2D eigenvalue weighted by molar-refractivity contribution is 0.387. The number of rotatable bonds is 3. The van der Waals surface area contributed by atoms with Crippen LogP contribution in [0.1, 0.15) is 9.88 Å². The third-order valence-corrected chi connectivity index (χ3v) is 3.91. The van der Waals surface area contributed by atoms with E-state index in [2.05, 4.69) is 9.97 Å². The topological polar surface area (TPSA) is 66.0 Å². The molecule has 0 radical (unpaired) electrons. The molecular formula is C13H13FN4OS.